The molecule has 2 aromatic carbocycles. The van der Waals surface area contributed by atoms with E-state index in [-0.39, 0.29) is 6.61 Å². The van der Waals surface area contributed by atoms with Gasteiger partial charge >= 0.3 is 0 Å². The molecule has 34 heavy (non-hydrogen) atoms. The lowest BCUT2D eigenvalue weighted by Crippen LogP contribution is -2.36. The van der Waals surface area contributed by atoms with E-state index in [9.17, 15) is 5.11 Å². The third-order valence-corrected chi connectivity index (χ3v) is 6.13. The third kappa shape index (κ3) is 4.71. The summed E-state index contributed by atoms with van der Waals surface area (Å²) in [5.74, 6) is 2.78. The van der Waals surface area contributed by atoms with Crippen LogP contribution in [-0.4, -0.2) is 61.6 Å². The molecule has 1 aromatic heterocycles. The maximum absolute atomic E-state index is 9.43. The standard InChI is InChI=1S/C25H30N6O3/c1-33-22-16-18(31-11-14-34-15-12-31)6-7-21(22)28-25-29-23-19(8-10-26-23)24(30-25)27-20-5-3-2-4-17(20)9-13-32/h2-7,16,32H,8-15H2,1H3,(H3,26,27,28,29,30). The highest BCUT2D eigenvalue weighted by molar-refractivity contribution is 5.73. The van der Waals surface area contributed by atoms with Crippen LogP contribution < -0.4 is 25.6 Å². The molecule has 3 heterocycles. The predicted octanol–water partition coefficient (Wildman–Crippen LogP) is 3.31. The van der Waals surface area contributed by atoms with Crippen LogP contribution in [0.5, 0.6) is 5.75 Å². The zero-order valence-electron chi connectivity index (χ0n) is 19.3. The molecule has 3 aromatic rings. The van der Waals surface area contributed by atoms with Crippen LogP contribution in [0.2, 0.25) is 0 Å². The van der Waals surface area contributed by atoms with E-state index in [2.05, 4.69) is 26.9 Å². The molecule has 0 bridgehead atoms. The van der Waals surface area contributed by atoms with Gasteiger partial charge in [0.15, 0.2) is 0 Å². The topological polar surface area (TPSA) is 104 Å². The van der Waals surface area contributed by atoms with Crippen LogP contribution in [0.15, 0.2) is 42.5 Å². The second-order valence-corrected chi connectivity index (χ2v) is 8.26. The Balaban J connectivity index is 1.43. The molecule has 178 valence electrons. The van der Waals surface area contributed by atoms with Gasteiger partial charge in [-0.3, -0.25) is 0 Å². The number of anilines is 6. The molecule has 9 heteroatoms. The molecule has 0 amide bonds. The maximum atomic E-state index is 9.43. The molecule has 2 aliphatic heterocycles. The van der Waals surface area contributed by atoms with Crippen LogP contribution in [0.3, 0.4) is 0 Å². The van der Waals surface area contributed by atoms with Gasteiger partial charge in [0.1, 0.15) is 17.4 Å². The van der Waals surface area contributed by atoms with Gasteiger partial charge in [0.2, 0.25) is 5.95 Å². The minimum absolute atomic E-state index is 0.0924. The fraction of sp³-hybridized carbons (Fsp3) is 0.360. The van der Waals surface area contributed by atoms with Gasteiger partial charge in [0, 0.05) is 49.2 Å². The van der Waals surface area contributed by atoms with Crippen molar-refractivity contribution >= 4 is 34.6 Å². The molecule has 0 saturated carbocycles. The first-order valence-corrected chi connectivity index (χ1v) is 11.6. The molecule has 0 unspecified atom stereocenters. The zero-order valence-corrected chi connectivity index (χ0v) is 19.3. The number of aliphatic hydroxyl groups is 1. The number of hydrogen-bond donors (Lipinski definition) is 4. The Morgan fingerprint density at radius 2 is 1.94 bits per heavy atom. The van der Waals surface area contributed by atoms with E-state index in [0.717, 1.165) is 84.8 Å². The molecule has 0 aliphatic carbocycles. The number of para-hydroxylation sites is 1. The number of morpholine rings is 1. The van der Waals surface area contributed by atoms with Crippen molar-refractivity contribution in [1.82, 2.24) is 9.97 Å². The lowest BCUT2D eigenvalue weighted by atomic mass is 10.1. The summed E-state index contributed by atoms with van der Waals surface area (Å²) in [5.41, 5.74) is 4.93. The Morgan fingerprint density at radius 3 is 2.76 bits per heavy atom. The highest BCUT2D eigenvalue weighted by atomic mass is 16.5. The molecule has 4 N–H and O–H groups in total. The van der Waals surface area contributed by atoms with Gasteiger partial charge in [-0.2, -0.15) is 9.97 Å². The SMILES string of the molecule is COc1cc(N2CCOCC2)ccc1Nc1nc2c(c(Nc3ccccc3CCO)n1)CCN2. The fourth-order valence-electron chi connectivity index (χ4n) is 4.36. The van der Waals surface area contributed by atoms with Gasteiger partial charge < -0.3 is 35.4 Å². The summed E-state index contributed by atoms with van der Waals surface area (Å²) in [6, 6.07) is 14.1. The number of nitrogens with zero attached hydrogens (tertiary/aromatic N) is 3. The normalized spacial score (nSPS) is 14.9. The summed E-state index contributed by atoms with van der Waals surface area (Å²) in [6.45, 7) is 4.10. The van der Waals surface area contributed by atoms with Gasteiger partial charge in [-0.05, 0) is 36.6 Å². The molecule has 9 nitrogen and oxygen atoms in total. The van der Waals surface area contributed by atoms with Crippen LogP contribution in [0.4, 0.5) is 34.6 Å². The summed E-state index contributed by atoms with van der Waals surface area (Å²) in [7, 11) is 1.67. The molecular weight excluding hydrogens is 432 g/mol. The van der Waals surface area contributed by atoms with E-state index in [4.69, 9.17) is 19.4 Å². The number of hydrogen-bond acceptors (Lipinski definition) is 9. The quantitative estimate of drug-likeness (QED) is 0.401. The number of aliphatic hydroxyl groups excluding tert-OH is 1. The highest BCUT2D eigenvalue weighted by Crippen LogP contribution is 2.35. The second-order valence-electron chi connectivity index (χ2n) is 8.26. The van der Waals surface area contributed by atoms with Gasteiger partial charge in [0.05, 0.1) is 26.0 Å². The van der Waals surface area contributed by atoms with Crippen molar-refractivity contribution in [2.45, 2.75) is 12.8 Å². The largest absolute Gasteiger partial charge is 0.494 e. The van der Waals surface area contributed by atoms with E-state index >= 15 is 0 Å². The Kier molecular flexibility index (Phi) is 6.64. The minimum atomic E-state index is 0.0924. The molecule has 1 fully saturated rings. The van der Waals surface area contributed by atoms with Crippen molar-refractivity contribution in [2.24, 2.45) is 0 Å². The smallest absolute Gasteiger partial charge is 0.231 e. The van der Waals surface area contributed by atoms with Crippen molar-refractivity contribution in [2.75, 3.05) is 67.4 Å². The molecule has 0 spiro atoms. The van der Waals surface area contributed by atoms with Crippen molar-refractivity contribution in [3.63, 3.8) is 0 Å². The number of ether oxygens (including phenoxy) is 2. The van der Waals surface area contributed by atoms with Gasteiger partial charge in [0.25, 0.3) is 0 Å². The van der Waals surface area contributed by atoms with Crippen molar-refractivity contribution < 1.29 is 14.6 Å². The Morgan fingerprint density at radius 1 is 1.09 bits per heavy atom. The number of rotatable bonds is 8. The van der Waals surface area contributed by atoms with E-state index < -0.39 is 0 Å². The number of aromatic nitrogens is 2. The summed E-state index contributed by atoms with van der Waals surface area (Å²) in [5, 5.41) is 19.6. The Hall–Kier alpha value is -3.56. The van der Waals surface area contributed by atoms with Crippen molar-refractivity contribution in [3.05, 3.63) is 53.6 Å². The summed E-state index contributed by atoms with van der Waals surface area (Å²) >= 11 is 0. The number of benzene rings is 2. The summed E-state index contributed by atoms with van der Waals surface area (Å²) < 4.78 is 11.1. The van der Waals surface area contributed by atoms with E-state index in [1.165, 1.54) is 0 Å². The molecule has 0 radical (unpaired) electrons. The Labute approximate surface area is 199 Å². The van der Waals surface area contributed by atoms with E-state index in [0.29, 0.717) is 12.4 Å². The lowest BCUT2D eigenvalue weighted by molar-refractivity contribution is 0.122. The summed E-state index contributed by atoms with van der Waals surface area (Å²) in [6.07, 6.45) is 1.42. The predicted molar refractivity (Wildman–Crippen MR) is 134 cm³/mol. The zero-order chi connectivity index (χ0) is 23.3. The monoisotopic (exact) mass is 462 g/mol. The third-order valence-electron chi connectivity index (χ3n) is 6.13. The van der Waals surface area contributed by atoms with Crippen molar-refractivity contribution in [3.8, 4) is 5.75 Å². The molecule has 1 saturated heterocycles. The second kappa shape index (κ2) is 10.1. The average molecular weight is 463 g/mol. The van der Waals surface area contributed by atoms with E-state index in [1.54, 1.807) is 7.11 Å². The maximum Gasteiger partial charge on any atom is 0.231 e. The van der Waals surface area contributed by atoms with Crippen LogP contribution in [0.1, 0.15) is 11.1 Å². The van der Waals surface area contributed by atoms with Crippen LogP contribution in [0.25, 0.3) is 0 Å². The first-order chi connectivity index (χ1) is 16.7. The molecule has 0 atom stereocenters. The molecule has 5 rings (SSSR count). The van der Waals surface area contributed by atoms with Gasteiger partial charge in [-0.15, -0.1) is 0 Å². The average Bonchev–Trinajstić information content (AvgIpc) is 3.35. The molecular formula is C25H30N6O3. The first-order valence-electron chi connectivity index (χ1n) is 11.6. The number of methoxy groups -OCH3 is 1. The number of fused-ring (bicyclic) bond motifs is 1. The molecule has 2 aliphatic rings. The van der Waals surface area contributed by atoms with Gasteiger partial charge in [-0.25, -0.2) is 0 Å². The van der Waals surface area contributed by atoms with Gasteiger partial charge in [-0.1, -0.05) is 18.2 Å². The Bertz CT molecular complexity index is 1150. The van der Waals surface area contributed by atoms with Crippen LogP contribution >= 0.6 is 0 Å². The fourth-order valence-corrected chi connectivity index (χ4v) is 4.36. The number of nitrogens with one attached hydrogen (secondary N) is 3. The van der Waals surface area contributed by atoms with E-state index in [1.807, 2.05) is 36.4 Å². The first kappa shape index (κ1) is 22.2. The van der Waals surface area contributed by atoms with Crippen LogP contribution in [0, 0.1) is 0 Å². The summed E-state index contributed by atoms with van der Waals surface area (Å²) in [4.78, 5) is 11.8. The van der Waals surface area contributed by atoms with Crippen molar-refractivity contribution in [1.29, 1.82) is 0 Å². The van der Waals surface area contributed by atoms with Crippen LogP contribution in [-0.2, 0) is 17.6 Å². The highest BCUT2D eigenvalue weighted by Gasteiger charge is 2.21. The lowest BCUT2D eigenvalue weighted by Gasteiger charge is -2.29. The minimum Gasteiger partial charge on any atom is -0.494 e.